The van der Waals surface area contributed by atoms with Crippen molar-refractivity contribution in [3.8, 4) is 0 Å². The van der Waals surface area contributed by atoms with Gasteiger partial charge in [-0.2, -0.15) is 13.2 Å². The molecule has 0 saturated carbocycles. The average Bonchev–Trinajstić information content (AvgIpc) is 2.52. The molecule has 2 N–H and O–H groups in total. The van der Waals surface area contributed by atoms with Crippen molar-refractivity contribution in [3.63, 3.8) is 0 Å². The predicted octanol–water partition coefficient (Wildman–Crippen LogP) is 4.29. The van der Waals surface area contributed by atoms with Gasteiger partial charge in [0.25, 0.3) is 0 Å². The van der Waals surface area contributed by atoms with Crippen LogP contribution in [0.4, 0.5) is 24.7 Å². The SMILES string of the molecule is CC(C)(C)c1nc2cc(N)ccc2nc1N1CCC(C(F)(F)F)CC1. The van der Waals surface area contributed by atoms with E-state index < -0.39 is 12.1 Å². The fourth-order valence-corrected chi connectivity index (χ4v) is 3.20. The zero-order valence-corrected chi connectivity index (χ0v) is 14.7. The summed E-state index contributed by atoms with van der Waals surface area (Å²) in [6.45, 7) is 6.76. The van der Waals surface area contributed by atoms with Crippen molar-refractivity contribution < 1.29 is 13.2 Å². The Morgan fingerprint density at radius 1 is 1.04 bits per heavy atom. The highest BCUT2D eigenvalue weighted by atomic mass is 19.4. The Morgan fingerprint density at radius 2 is 1.68 bits per heavy atom. The Labute approximate surface area is 145 Å². The van der Waals surface area contributed by atoms with E-state index in [1.54, 1.807) is 18.2 Å². The first-order valence-electron chi connectivity index (χ1n) is 8.45. The summed E-state index contributed by atoms with van der Waals surface area (Å²) in [7, 11) is 0. The Kier molecular flexibility index (Phi) is 4.29. The van der Waals surface area contributed by atoms with Crippen molar-refractivity contribution in [1.82, 2.24) is 9.97 Å². The van der Waals surface area contributed by atoms with E-state index in [1.807, 2.05) is 25.7 Å². The van der Waals surface area contributed by atoms with Gasteiger partial charge in [0.2, 0.25) is 0 Å². The first kappa shape index (κ1) is 17.8. The van der Waals surface area contributed by atoms with Crippen LogP contribution in [0.5, 0.6) is 0 Å². The molecule has 25 heavy (non-hydrogen) atoms. The number of piperidine rings is 1. The van der Waals surface area contributed by atoms with Crippen molar-refractivity contribution in [2.75, 3.05) is 23.7 Å². The van der Waals surface area contributed by atoms with E-state index in [-0.39, 0.29) is 18.3 Å². The molecule has 4 nitrogen and oxygen atoms in total. The molecule has 2 aromatic rings. The highest BCUT2D eigenvalue weighted by molar-refractivity contribution is 5.80. The molecule has 0 amide bonds. The Morgan fingerprint density at radius 3 is 2.24 bits per heavy atom. The highest BCUT2D eigenvalue weighted by Crippen LogP contribution is 2.37. The molecule has 1 saturated heterocycles. The van der Waals surface area contributed by atoms with Crippen molar-refractivity contribution in [2.45, 2.75) is 45.2 Å². The number of aromatic nitrogens is 2. The van der Waals surface area contributed by atoms with Crippen LogP contribution in [0.3, 0.4) is 0 Å². The number of alkyl halides is 3. The average molecular weight is 352 g/mol. The molecule has 0 bridgehead atoms. The van der Waals surface area contributed by atoms with E-state index in [1.165, 1.54) is 0 Å². The lowest BCUT2D eigenvalue weighted by Crippen LogP contribution is -2.40. The van der Waals surface area contributed by atoms with Crippen LogP contribution >= 0.6 is 0 Å². The van der Waals surface area contributed by atoms with Crippen LogP contribution in [0.25, 0.3) is 11.0 Å². The van der Waals surface area contributed by atoms with Crippen LogP contribution in [-0.2, 0) is 5.41 Å². The topological polar surface area (TPSA) is 55.0 Å². The Balaban J connectivity index is 1.99. The van der Waals surface area contributed by atoms with E-state index in [9.17, 15) is 13.2 Å². The van der Waals surface area contributed by atoms with Crippen LogP contribution in [0.2, 0.25) is 0 Å². The van der Waals surface area contributed by atoms with E-state index in [4.69, 9.17) is 15.7 Å². The summed E-state index contributed by atoms with van der Waals surface area (Å²) in [5, 5.41) is 0. The molecular weight excluding hydrogens is 329 g/mol. The molecule has 2 heterocycles. The molecule has 3 rings (SSSR count). The van der Waals surface area contributed by atoms with Crippen LogP contribution in [-0.4, -0.2) is 29.2 Å². The molecule has 0 unspecified atom stereocenters. The minimum absolute atomic E-state index is 0.0918. The number of nitrogen functional groups attached to an aromatic ring is 1. The maximum Gasteiger partial charge on any atom is 0.391 e. The summed E-state index contributed by atoms with van der Waals surface area (Å²) in [6, 6.07) is 5.33. The smallest absolute Gasteiger partial charge is 0.391 e. The fraction of sp³-hybridized carbons (Fsp3) is 0.556. The molecule has 1 aromatic carbocycles. The number of anilines is 2. The van der Waals surface area contributed by atoms with Gasteiger partial charge in [-0.25, -0.2) is 9.97 Å². The van der Waals surface area contributed by atoms with Crippen LogP contribution in [0.1, 0.15) is 39.3 Å². The summed E-state index contributed by atoms with van der Waals surface area (Å²) >= 11 is 0. The van der Waals surface area contributed by atoms with Crippen molar-refractivity contribution >= 4 is 22.5 Å². The van der Waals surface area contributed by atoms with Gasteiger partial charge in [-0.3, -0.25) is 0 Å². The second kappa shape index (κ2) is 6.04. The largest absolute Gasteiger partial charge is 0.399 e. The predicted molar refractivity (Wildman–Crippen MR) is 93.6 cm³/mol. The summed E-state index contributed by atoms with van der Waals surface area (Å²) in [4.78, 5) is 11.4. The maximum absolute atomic E-state index is 12.9. The Hall–Kier alpha value is -2.05. The van der Waals surface area contributed by atoms with Crippen LogP contribution in [0.15, 0.2) is 18.2 Å². The van der Waals surface area contributed by atoms with Crippen molar-refractivity contribution in [1.29, 1.82) is 0 Å². The number of nitrogens with two attached hydrogens (primary N) is 1. The third-order valence-electron chi connectivity index (χ3n) is 4.64. The molecule has 0 radical (unpaired) electrons. The zero-order chi connectivity index (χ0) is 18.4. The van der Waals surface area contributed by atoms with Gasteiger partial charge in [0, 0.05) is 24.2 Å². The molecule has 1 aliphatic heterocycles. The molecule has 1 fully saturated rings. The van der Waals surface area contributed by atoms with Crippen molar-refractivity contribution in [3.05, 3.63) is 23.9 Å². The second-order valence-corrected chi connectivity index (χ2v) is 7.70. The fourth-order valence-electron chi connectivity index (χ4n) is 3.20. The monoisotopic (exact) mass is 352 g/mol. The number of hydrogen-bond donors (Lipinski definition) is 1. The van der Waals surface area contributed by atoms with E-state index in [0.29, 0.717) is 35.6 Å². The maximum atomic E-state index is 12.9. The zero-order valence-electron chi connectivity index (χ0n) is 14.7. The van der Waals surface area contributed by atoms with Gasteiger partial charge >= 0.3 is 6.18 Å². The van der Waals surface area contributed by atoms with Gasteiger partial charge in [-0.1, -0.05) is 20.8 Å². The van der Waals surface area contributed by atoms with E-state index >= 15 is 0 Å². The standard InChI is InChI=1S/C18H23F3N4/c1-17(2,3)15-16(24-13-5-4-12(22)10-14(13)23-15)25-8-6-11(7-9-25)18(19,20)21/h4-5,10-11H,6-9,22H2,1-3H3. The number of benzene rings is 1. The lowest BCUT2D eigenvalue weighted by molar-refractivity contribution is -0.179. The number of fused-ring (bicyclic) bond motifs is 1. The second-order valence-electron chi connectivity index (χ2n) is 7.70. The lowest BCUT2D eigenvalue weighted by atomic mass is 9.90. The molecule has 7 heteroatoms. The third-order valence-corrected chi connectivity index (χ3v) is 4.64. The summed E-state index contributed by atoms with van der Waals surface area (Å²) in [6.07, 6.45) is -3.94. The minimum atomic E-state index is -4.12. The van der Waals surface area contributed by atoms with Gasteiger partial charge < -0.3 is 10.6 Å². The normalized spacial score (nSPS) is 17.3. The van der Waals surface area contributed by atoms with Gasteiger partial charge in [-0.15, -0.1) is 0 Å². The molecule has 1 aromatic heterocycles. The number of hydrogen-bond acceptors (Lipinski definition) is 4. The van der Waals surface area contributed by atoms with E-state index in [2.05, 4.69) is 0 Å². The molecule has 136 valence electrons. The number of nitrogens with zero attached hydrogens (tertiary/aromatic N) is 3. The molecule has 0 spiro atoms. The van der Waals surface area contributed by atoms with Crippen molar-refractivity contribution in [2.24, 2.45) is 5.92 Å². The minimum Gasteiger partial charge on any atom is -0.399 e. The van der Waals surface area contributed by atoms with Gasteiger partial charge in [0.1, 0.15) is 0 Å². The Bertz CT molecular complexity index is 772. The lowest BCUT2D eigenvalue weighted by Gasteiger charge is -2.36. The van der Waals surface area contributed by atoms with Crippen LogP contribution < -0.4 is 10.6 Å². The molecule has 0 atom stereocenters. The summed E-state index contributed by atoms with van der Waals surface area (Å²) < 4.78 is 38.8. The van der Waals surface area contributed by atoms with Gasteiger partial charge in [0.15, 0.2) is 5.82 Å². The van der Waals surface area contributed by atoms with E-state index in [0.717, 1.165) is 5.69 Å². The molecule has 0 aliphatic carbocycles. The van der Waals surface area contributed by atoms with Gasteiger partial charge in [0.05, 0.1) is 22.6 Å². The number of halogens is 3. The highest BCUT2D eigenvalue weighted by Gasteiger charge is 2.41. The number of rotatable bonds is 1. The summed E-state index contributed by atoms with van der Waals surface area (Å²) in [5.74, 6) is -0.541. The quantitative estimate of drug-likeness (QED) is 0.778. The third kappa shape index (κ3) is 3.65. The van der Waals surface area contributed by atoms with Gasteiger partial charge in [-0.05, 0) is 31.0 Å². The van der Waals surface area contributed by atoms with Crippen LogP contribution in [0, 0.1) is 5.92 Å². The molecular formula is C18H23F3N4. The molecule has 1 aliphatic rings. The summed E-state index contributed by atoms with van der Waals surface area (Å²) in [5.41, 5.74) is 8.37. The first-order valence-corrected chi connectivity index (χ1v) is 8.45. The first-order chi connectivity index (χ1) is 11.6.